The van der Waals surface area contributed by atoms with E-state index in [0.29, 0.717) is 25.2 Å². The summed E-state index contributed by atoms with van der Waals surface area (Å²) < 4.78 is 29.8. The maximum absolute atomic E-state index is 13.4. The van der Waals surface area contributed by atoms with Crippen molar-refractivity contribution in [3.05, 3.63) is 90.5 Å². The third-order valence-electron chi connectivity index (χ3n) is 4.54. The van der Waals surface area contributed by atoms with E-state index in [1.807, 2.05) is 10.8 Å². The van der Waals surface area contributed by atoms with Gasteiger partial charge in [0, 0.05) is 31.0 Å². The Morgan fingerprint density at radius 2 is 2.00 bits per heavy atom. The number of sulfonamides is 1. The van der Waals surface area contributed by atoms with Gasteiger partial charge in [0.15, 0.2) is 0 Å². The van der Waals surface area contributed by atoms with Gasteiger partial charge in [0.1, 0.15) is 4.90 Å². The van der Waals surface area contributed by atoms with Crippen molar-refractivity contribution in [2.75, 3.05) is 17.4 Å². The number of nitrogens with zero attached hydrogens (tertiary/aromatic N) is 3. The van der Waals surface area contributed by atoms with Crippen LogP contribution >= 0.6 is 11.6 Å². The molecule has 1 aromatic heterocycles. The molecule has 1 amide bonds. The summed E-state index contributed by atoms with van der Waals surface area (Å²) in [6.45, 7) is 4.87. The van der Waals surface area contributed by atoms with Crippen molar-refractivity contribution >= 4 is 33.2 Å². The minimum Gasteiger partial charge on any atom is -0.352 e. The van der Waals surface area contributed by atoms with Gasteiger partial charge in [-0.15, -0.1) is 6.58 Å². The van der Waals surface area contributed by atoms with Gasteiger partial charge in [-0.3, -0.25) is 9.10 Å². The van der Waals surface area contributed by atoms with Gasteiger partial charge in [-0.25, -0.2) is 13.4 Å². The van der Waals surface area contributed by atoms with E-state index in [2.05, 4.69) is 16.9 Å². The SMILES string of the molecule is C=CCN(c1ccccc1)S(=O)(=O)c1cc(C(=O)NCCCn2ccnc2)ccc1Cl. The predicted molar refractivity (Wildman–Crippen MR) is 122 cm³/mol. The Hall–Kier alpha value is -3.10. The van der Waals surface area contributed by atoms with E-state index in [1.54, 1.807) is 42.9 Å². The lowest BCUT2D eigenvalue weighted by atomic mass is 10.2. The topological polar surface area (TPSA) is 84.3 Å². The quantitative estimate of drug-likeness (QED) is 0.370. The molecule has 3 rings (SSSR count). The van der Waals surface area contributed by atoms with Crippen molar-refractivity contribution in [1.82, 2.24) is 14.9 Å². The Kier molecular flexibility index (Phi) is 7.49. The summed E-state index contributed by atoms with van der Waals surface area (Å²) >= 11 is 6.23. The van der Waals surface area contributed by atoms with Gasteiger partial charge in [-0.2, -0.15) is 0 Å². The van der Waals surface area contributed by atoms with Crippen LogP contribution in [0.1, 0.15) is 16.8 Å². The zero-order valence-electron chi connectivity index (χ0n) is 16.8. The molecule has 0 radical (unpaired) electrons. The normalized spacial score (nSPS) is 11.1. The van der Waals surface area contributed by atoms with Crippen LogP contribution in [0.25, 0.3) is 0 Å². The van der Waals surface area contributed by atoms with Gasteiger partial charge in [0.2, 0.25) is 0 Å². The van der Waals surface area contributed by atoms with Gasteiger partial charge in [-0.05, 0) is 36.8 Å². The van der Waals surface area contributed by atoms with E-state index in [9.17, 15) is 13.2 Å². The molecule has 0 saturated heterocycles. The standard InChI is InChI=1S/C22H23ClN4O3S/c1-2-13-27(19-7-4-3-5-8-19)31(29,30)21-16-18(9-10-20(21)23)22(28)25-11-6-14-26-15-12-24-17-26/h2-5,7-10,12,15-17H,1,6,11,13-14H2,(H,25,28). The number of anilines is 1. The minimum atomic E-state index is -4.02. The largest absolute Gasteiger partial charge is 0.352 e. The number of rotatable bonds is 10. The fraction of sp³-hybridized carbons (Fsp3) is 0.182. The second kappa shape index (κ2) is 10.3. The van der Waals surface area contributed by atoms with E-state index in [4.69, 9.17) is 11.6 Å². The molecule has 1 N–H and O–H groups in total. The highest BCUT2D eigenvalue weighted by Crippen LogP contribution is 2.29. The molecule has 0 atom stereocenters. The minimum absolute atomic E-state index is 0.0432. The Balaban J connectivity index is 1.78. The summed E-state index contributed by atoms with van der Waals surface area (Å²) in [6.07, 6.45) is 7.45. The van der Waals surface area contributed by atoms with Gasteiger partial charge in [-0.1, -0.05) is 35.9 Å². The first-order valence-corrected chi connectivity index (χ1v) is 11.5. The van der Waals surface area contributed by atoms with Crippen LogP contribution in [-0.4, -0.2) is 37.0 Å². The van der Waals surface area contributed by atoms with Crippen LogP contribution in [0, 0.1) is 0 Å². The third kappa shape index (κ3) is 5.53. The maximum Gasteiger partial charge on any atom is 0.266 e. The van der Waals surface area contributed by atoms with Crippen molar-refractivity contribution in [2.45, 2.75) is 17.9 Å². The zero-order chi connectivity index (χ0) is 22.3. The summed E-state index contributed by atoms with van der Waals surface area (Å²) in [6, 6.07) is 12.9. The highest BCUT2D eigenvalue weighted by atomic mass is 35.5. The zero-order valence-corrected chi connectivity index (χ0v) is 18.4. The number of hydrogen-bond donors (Lipinski definition) is 1. The van der Waals surface area contributed by atoms with Crippen LogP contribution in [0.4, 0.5) is 5.69 Å². The van der Waals surface area contributed by atoms with Crippen molar-refractivity contribution in [3.8, 4) is 0 Å². The van der Waals surface area contributed by atoms with Crippen molar-refractivity contribution in [1.29, 1.82) is 0 Å². The number of benzene rings is 2. The van der Waals surface area contributed by atoms with Crippen LogP contribution in [0.5, 0.6) is 0 Å². The molecule has 7 nitrogen and oxygen atoms in total. The number of aryl methyl sites for hydroxylation is 1. The fourth-order valence-electron chi connectivity index (χ4n) is 3.00. The molecule has 162 valence electrons. The molecule has 1 heterocycles. The number of hydrogen-bond acceptors (Lipinski definition) is 4. The number of carbonyl (C=O) groups is 1. The monoisotopic (exact) mass is 458 g/mol. The Morgan fingerprint density at radius 3 is 2.68 bits per heavy atom. The van der Waals surface area contributed by atoms with Gasteiger partial charge in [0.25, 0.3) is 15.9 Å². The molecule has 0 aliphatic rings. The van der Waals surface area contributed by atoms with E-state index in [1.165, 1.54) is 28.6 Å². The number of carbonyl (C=O) groups excluding carboxylic acids is 1. The van der Waals surface area contributed by atoms with Crippen LogP contribution in [0.2, 0.25) is 5.02 Å². The molecule has 2 aromatic carbocycles. The number of para-hydroxylation sites is 1. The van der Waals surface area contributed by atoms with Crippen molar-refractivity contribution in [2.24, 2.45) is 0 Å². The first-order chi connectivity index (χ1) is 14.9. The van der Waals surface area contributed by atoms with Gasteiger partial charge in [0.05, 0.1) is 23.6 Å². The number of imidazole rings is 1. The molecule has 31 heavy (non-hydrogen) atoms. The number of amides is 1. The summed E-state index contributed by atoms with van der Waals surface area (Å²) in [5, 5.41) is 2.85. The molecule has 0 unspecified atom stereocenters. The summed E-state index contributed by atoms with van der Waals surface area (Å²) in [5.74, 6) is -0.367. The molecule has 3 aromatic rings. The highest BCUT2D eigenvalue weighted by Gasteiger charge is 2.27. The Labute approximate surface area is 187 Å². The predicted octanol–water partition coefficient (Wildman–Crippen LogP) is 3.74. The van der Waals surface area contributed by atoms with Crippen LogP contribution in [0.3, 0.4) is 0 Å². The first kappa shape index (κ1) is 22.6. The van der Waals surface area contributed by atoms with Crippen LogP contribution < -0.4 is 9.62 Å². The lowest BCUT2D eigenvalue weighted by Crippen LogP contribution is -2.32. The molecule has 0 bridgehead atoms. The molecule has 9 heteroatoms. The average Bonchev–Trinajstić information content (AvgIpc) is 3.29. The molecular weight excluding hydrogens is 436 g/mol. The van der Waals surface area contributed by atoms with E-state index in [0.717, 1.165) is 0 Å². The first-order valence-electron chi connectivity index (χ1n) is 9.65. The van der Waals surface area contributed by atoms with E-state index >= 15 is 0 Å². The number of halogens is 1. The summed E-state index contributed by atoms with van der Waals surface area (Å²) in [4.78, 5) is 16.4. The Morgan fingerprint density at radius 1 is 1.23 bits per heavy atom. The Bertz CT molecular complexity index is 1130. The van der Waals surface area contributed by atoms with Crippen LogP contribution in [0.15, 0.2) is 84.8 Å². The van der Waals surface area contributed by atoms with Gasteiger partial charge >= 0.3 is 0 Å². The van der Waals surface area contributed by atoms with Crippen molar-refractivity contribution < 1.29 is 13.2 Å². The van der Waals surface area contributed by atoms with Crippen LogP contribution in [-0.2, 0) is 16.6 Å². The smallest absolute Gasteiger partial charge is 0.266 e. The highest BCUT2D eigenvalue weighted by molar-refractivity contribution is 7.93. The fourth-order valence-corrected chi connectivity index (χ4v) is 4.94. The molecule has 0 aliphatic carbocycles. The molecular formula is C22H23ClN4O3S. The third-order valence-corrected chi connectivity index (χ3v) is 6.81. The van der Waals surface area contributed by atoms with E-state index < -0.39 is 10.0 Å². The van der Waals surface area contributed by atoms with Crippen molar-refractivity contribution in [3.63, 3.8) is 0 Å². The maximum atomic E-state index is 13.4. The molecule has 0 saturated carbocycles. The van der Waals surface area contributed by atoms with Gasteiger partial charge < -0.3 is 9.88 Å². The summed E-state index contributed by atoms with van der Waals surface area (Å²) in [7, 11) is -4.02. The molecule has 0 aliphatic heterocycles. The lowest BCUT2D eigenvalue weighted by Gasteiger charge is -2.24. The lowest BCUT2D eigenvalue weighted by molar-refractivity contribution is 0.0952. The summed E-state index contributed by atoms with van der Waals surface area (Å²) in [5.41, 5.74) is 0.699. The average molecular weight is 459 g/mol. The molecule has 0 fully saturated rings. The number of aromatic nitrogens is 2. The second-order valence-electron chi connectivity index (χ2n) is 6.72. The number of nitrogens with one attached hydrogen (secondary N) is 1. The second-order valence-corrected chi connectivity index (χ2v) is 8.95. The molecule has 0 spiro atoms. The van der Waals surface area contributed by atoms with E-state index in [-0.39, 0.29) is 27.9 Å².